The molecular weight excluding hydrogens is 288 g/mol. The van der Waals surface area contributed by atoms with Gasteiger partial charge in [-0.05, 0) is 0 Å². The van der Waals surface area contributed by atoms with E-state index in [-0.39, 0.29) is 27.8 Å². The molecule has 0 saturated heterocycles. The Morgan fingerprint density at radius 3 is 2.95 bits per heavy atom. The maximum absolute atomic E-state index is 12.0. The van der Waals surface area contributed by atoms with E-state index >= 15 is 0 Å². The third kappa shape index (κ3) is 2.55. The van der Waals surface area contributed by atoms with Crippen molar-refractivity contribution in [2.75, 3.05) is 5.32 Å². The molecule has 0 unspecified atom stereocenters. The largest absolute Gasteiger partial charge is 0.306 e. The summed E-state index contributed by atoms with van der Waals surface area (Å²) >= 11 is 5.72. The Balaban J connectivity index is 2.32. The molecule has 0 aliphatic heterocycles. The third-order valence-corrected chi connectivity index (χ3v) is 2.58. The molecule has 2 aromatic rings. The van der Waals surface area contributed by atoms with E-state index < -0.39 is 10.8 Å². The molecule has 2 aromatic heterocycles. The van der Waals surface area contributed by atoms with Gasteiger partial charge in [-0.1, -0.05) is 11.6 Å². The second-order valence-electron chi connectivity index (χ2n) is 3.51. The number of nitrogens with zero attached hydrogens (tertiary/aromatic N) is 4. The highest BCUT2D eigenvalue weighted by Crippen LogP contribution is 2.20. The normalized spacial score (nSPS) is 9.80. The van der Waals surface area contributed by atoms with E-state index in [1.807, 2.05) is 6.07 Å². The average Bonchev–Trinajstić information content (AvgIpc) is 2.86. The quantitative estimate of drug-likeness (QED) is 0.499. The van der Waals surface area contributed by atoms with Crippen molar-refractivity contribution in [3.8, 4) is 6.07 Å². The number of carbonyl (C=O) groups is 1. The number of aromatic amines is 1. The van der Waals surface area contributed by atoms with Crippen molar-refractivity contribution in [2.24, 2.45) is 0 Å². The molecule has 2 heterocycles. The maximum Gasteiger partial charge on any atom is 0.288 e. The van der Waals surface area contributed by atoms with Crippen LogP contribution in [0.15, 0.2) is 18.5 Å². The van der Waals surface area contributed by atoms with Crippen LogP contribution in [0.25, 0.3) is 0 Å². The predicted molar refractivity (Wildman–Crippen MR) is 67.2 cm³/mol. The Morgan fingerprint density at radius 2 is 2.30 bits per heavy atom. The van der Waals surface area contributed by atoms with Gasteiger partial charge in [0.2, 0.25) is 0 Å². The van der Waals surface area contributed by atoms with Crippen LogP contribution in [-0.4, -0.2) is 26.0 Å². The Hall–Kier alpha value is -2.99. The molecule has 20 heavy (non-hydrogen) atoms. The highest BCUT2D eigenvalue weighted by Gasteiger charge is 2.18. The molecule has 0 aliphatic carbocycles. The van der Waals surface area contributed by atoms with Gasteiger partial charge in [-0.25, -0.2) is 4.98 Å². The molecule has 1 amide bonds. The summed E-state index contributed by atoms with van der Waals surface area (Å²) in [5, 5.41) is 27.6. The number of anilines is 1. The van der Waals surface area contributed by atoms with E-state index in [0.717, 1.165) is 12.3 Å². The molecule has 0 atom stereocenters. The average molecular weight is 293 g/mol. The van der Waals surface area contributed by atoms with Gasteiger partial charge in [0.15, 0.2) is 0 Å². The fraction of sp³-hybridized carbons (Fsp3) is 0. The van der Waals surface area contributed by atoms with E-state index in [2.05, 4.69) is 20.5 Å². The summed E-state index contributed by atoms with van der Waals surface area (Å²) in [5.74, 6) is -0.674. The van der Waals surface area contributed by atoms with Crippen LogP contribution < -0.4 is 5.32 Å². The van der Waals surface area contributed by atoms with Crippen LogP contribution in [0.4, 0.5) is 11.5 Å². The molecular formula is C10H5ClN6O3. The molecule has 0 aliphatic rings. The van der Waals surface area contributed by atoms with Crippen molar-refractivity contribution >= 4 is 29.0 Å². The first kappa shape index (κ1) is 13.4. The first-order valence-electron chi connectivity index (χ1n) is 5.07. The van der Waals surface area contributed by atoms with Gasteiger partial charge in [0.05, 0.1) is 16.7 Å². The van der Waals surface area contributed by atoms with Crippen molar-refractivity contribution in [2.45, 2.75) is 0 Å². The van der Waals surface area contributed by atoms with Gasteiger partial charge in [-0.15, -0.1) is 0 Å². The number of nitrogens with one attached hydrogen (secondary N) is 2. The summed E-state index contributed by atoms with van der Waals surface area (Å²) in [6.07, 6.45) is 2.17. The van der Waals surface area contributed by atoms with E-state index in [1.165, 1.54) is 6.20 Å². The van der Waals surface area contributed by atoms with Crippen LogP contribution in [0.1, 0.15) is 15.9 Å². The van der Waals surface area contributed by atoms with Gasteiger partial charge in [-0.2, -0.15) is 10.4 Å². The summed E-state index contributed by atoms with van der Waals surface area (Å²) in [7, 11) is 0. The van der Waals surface area contributed by atoms with Crippen LogP contribution in [0.3, 0.4) is 0 Å². The van der Waals surface area contributed by atoms with Crippen molar-refractivity contribution in [1.29, 1.82) is 5.26 Å². The summed E-state index contributed by atoms with van der Waals surface area (Å²) in [6, 6.07) is 2.80. The lowest BCUT2D eigenvalue weighted by molar-refractivity contribution is -0.385. The van der Waals surface area contributed by atoms with Crippen LogP contribution >= 0.6 is 11.6 Å². The first-order valence-corrected chi connectivity index (χ1v) is 5.45. The highest BCUT2D eigenvalue weighted by molar-refractivity contribution is 6.33. The SMILES string of the molecule is N#Cc1cn[nH]c1NC(=O)c1cc([N+](=O)[O-])cnc1Cl. The highest BCUT2D eigenvalue weighted by atomic mass is 35.5. The predicted octanol–water partition coefficient (Wildman–Crippen LogP) is 1.49. The van der Waals surface area contributed by atoms with Gasteiger partial charge in [0.25, 0.3) is 11.6 Å². The summed E-state index contributed by atoms with van der Waals surface area (Å²) in [6.45, 7) is 0. The molecule has 10 heteroatoms. The van der Waals surface area contributed by atoms with Crippen molar-refractivity contribution in [1.82, 2.24) is 15.2 Å². The Kier molecular flexibility index (Phi) is 3.58. The van der Waals surface area contributed by atoms with Gasteiger partial charge in [0.1, 0.15) is 28.8 Å². The molecule has 0 radical (unpaired) electrons. The molecule has 0 fully saturated rings. The number of amides is 1. The van der Waals surface area contributed by atoms with E-state index in [0.29, 0.717) is 0 Å². The molecule has 9 nitrogen and oxygen atoms in total. The van der Waals surface area contributed by atoms with Crippen LogP contribution in [-0.2, 0) is 0 Å². The maximum atomic E-state index is 12.0. The number of halogens is 1. The lowest BCUT2D eigenvalue weighted by Gasteiger charge is -2.04. The van der Waals surface area contributed by atoms with Gasteiger partial charge >= 0.3 is 0 Å². The summed E-state index contributed by atoms with van der Waals surface area (Å²) in [4.78, 5) is 25.5. The fourth-order valence-corrected chi connectivity index (χ4v) is 1.53. The number of rotatable bonds is 3. The molecule has 0 bridgehead atoms. The number of H-pyrrole nitrogens is 1. The molecule has 0 saturated carbocycles. The van der Waals surface area contributed by atoms with Crippen molar-refractivity contribution in [3.05, 3.63) is 44.9 Å². The first-order chi connectivity index (χ1) is 9.52. The van der Waals surface area contributed by atoms with Crippen LogP contribution in [0.5, 0.6) is 0 Å². The van der Waals surface area contributed by atoms with Gasteiger partial charge < -0.3 is 5.32 Å². The second kappa shape index (κ2) is 5.33. The zero-order valence-corrected chi connectivity index (χ0v) is 10.4. The van der Waals surface area contributed by atoms with Gasteiger partial charge in [-0.3, -0.25) is 20.0 Å². The van der Waals surface area contributed by atoms with Crippen molar-refractivity contribution in [3.63, 3.8) is 0 Å². The van der Waals surface area contributed by atoms with E-state index in [4.69, 9.17) is 16.9 Å². The minimum atomic E-state index is -0.744. The van der Waals surface area contributed by atoms with Crippen LogP contribution in [0, 0.1) is 21.4 Å². The van der Waals surface area contributed by atoms with E-state index in [1.54, 1.807) is 0 Å². The zero-order valence-electron chi connectivity index (χ0n) is 9.62. The lowest BCUT2D eigenvalue weighted by Crippen LogP contribution is -2.14. The fourth-order valence-electron chi connectivity index (χ4n) is 1.34. The minimum Gasteiger partial charge on any atom is -0.306 e. The Labute approximate surface area is 116 Å². The van der Waals surface area contributed by atoms with Crippen molar-refractivity contribution < 1.29 is 9.72 Å². The second-order valence-corrected chi connectivity index (χ2v) is 3.87. The number of pyridine rings is 1. The number of nitriles is 1. The minimum absolute atomic E-state index is 0.0695. The third-order valence-electron chi connectivity index (χ3n) is 2.28. The molecule has 2 rings (SSSR count). The molecule has 100 valence electrons. The summed E-state index contributed by atoms with van der Waals surface area (Å²) in [5.41, 5.74) is -0.433. The zero-order chi connectivity index (χ0) is 14.7. The van der Waals surface area contributed by atoms with E-state index in [9.17, 15) is 14.9 Å². The number of hydrogen-bond donors (Lipinski definition) is 2. The smallest absolute Gasteiger partial charge is 0.288 e. The van der Waals surface area contributed by atoms with Gasteiger partial charge in [0, 0.05) is 6.07 Å². The monoisotopic (exact) mass is 292 g/mol. The molecule has 2 N–H and O–H groups in total. The molecule has 0 spiro atoms. The topological polar surface area (TPSA) is 138 Å². The number of nitro groups is 1. The summed E-state index contributed by atoms with van der Waals surface area (Å²) < 4.78 is 0. The number of aromatic nitrogens is 3. The molecule has 0 aromatic carbocycles. The Morgan fingerprint density at radius 1 is 1.55 bits per heavy atom. The van der Waals surface area contributed by atoms with Crippen LogP contribution in [0.2, 0.25) is 5.15 Å². The standard InChI is InChI=1S/C10H5ClN6O3/c11-8-7(1-6(4-13-8)17(19)20)10(18)15-9-5(2-12)3-14-16-9/h1,3-4H,(H2,14,15,16,18). The lowest BCUT2D eigenvalue weighted by atomic mass is 10.2. The number of hydrogen-bond acceptors (Lipinski definition) is 6. The number of carbonyl (C=O) groups excluding carboxylic acids is 1. The Bertz CT molecular complexity index is 735.